The average molecular weight is 240 g/mol. The van der Waals surface area contributed by atoms with Crippen LogP contribution in [0.1, 0.15) is 65.7 Å². The van der Waals surface area contributed by atoms with Crippen molar-refractivity contribution in [3.8, 4) is 0 Å². The Hall–Kier alpha value is -0.570. The molecule has 0 spiro atoms. The minimum Gasteiger partial charge on any atom is -0.354 e. The fraction of sp³-hybridized carbons (Fsp3) is 0.929. The highest BCUT2D eigenvalue weighted by Crippen LogP contribution is 2.40. The molecule has 3 nitrogen and oxygen atoms in total. The van der Waals surface area contributed by atoms with Crippen LogP contribution in [0.25, 0.3) is 0 Å². The van der Waals surface area contributed by atoms with E-state index in [0.29, 0.717) is 18.3 Å². The van der Waals surface area contributed by atoms with E-state index in [1.54, 1.807) is 0 Å². The summed E-state index contributed by atoms with van der Waals surface area (Å²) in [5.74, 6) is 0.0298. The Labute approximate surface area is 106 Å². The topological polar surface area (TPSA) is 55.1 Å². The zero-order chi connectivity index (χ0) is 12.9. The molecular weight excluding hydrogens is 212 g/mol. The third-order valence-corrected chi connectivity index (χ3v) is 4.75. The fourth-order valence-corrected chi connectivity index (χ4v) is 2.80. The zero-order valence-corrected chi connectivity index (χ0v) is 11.6. The molecule has 0 saturated heterocycles. The van der Waals surface area contributed by atoms with Crippen molar-refractivity contribution in [2.45, 2.75) is 71.3 Å². The molecule has 0 aromatic rings. The van der Waals surface area contributed by atoms with E-state index in [-0.39, 0.29) is 5.91 Å². The van der Waals surface area contributed by atoms with Crippen LogP contribution in [0.15, 0.2) is 0 Å². The zero-order valence-electron chi connectivity index (χ0n) is 11.6. The highest BCUT2D eigenvalue weighted by atomic mass is 16.2. The van der Waals surface area contributed by atoms with Crippen LogP contribution in [-0.4, -0.2) is 18.0 Å². The monoisotopic (exact) mass is 240 g/mol. The molecule has 0 aromatic heterocycles. The third-order valence-electron chi connectivity index (χ3n) is 4.75. The summed E-state index contributed by atoms with van der Waals surface area (Å²) in [7, 11) is 0. The Morgan fingerprint density at radius 1 is 1.24 bits per heavy atom. The summed E-state index contributed by atoms with van der Waals surface area (Å²) in [4.78, 5) is 12.1. The number of carbonyl (C=O) groups is 1. The molecule has 3 heteroatoms. The van der Waals surface area contributed by atoms with Crippen molar-refractivity contribution < 1.29 is 4.79 Å². The largest absolute Gasteiger partial charge is 0.354 e. The van der Waals surface area contributed by atoms with Crippen LogP contribution in [0.3, 0.4) is 0 Å². The molecule has 1 aliphatic rings. The summed E-state index contributed by atoms with van der Waals surface area (Å²) < 4.78 is 0. The summed E-state index contributed by atoms with van der Waals surface area (Å²) in [6, 6.07) is 0. The summed E-state index contributed by atoms with van der Waals surface area (Å²) in [6.45, 7) is 7.00. The second-order valence-corrected chi connectivity index (χ2v) is 5.61. The molecule has 100 valence electrons. The number of hydrogen-bond acceptors (Lipinski definition) is 2. The van der Waals surface area contributed by atoms with Crippen molar-refractivity contribution in [3.05, 3.63) is 0 Å². The van der Waals surface area contributed by atoms with Crippen LogP contribution in [0.4, 0.5) is 0 Å². The Kier molecular flexibility index (Phi) is 4.99. The molecule has 1 amide bonds. The molecule has 1 fully saturated rings. The van der Waals surface area contributed by atoms with Crippen LogP contribution in [-0.2, 0) is 4.79 Å². The maximum atomic E-state index is 12.1. The van der Waals surface area contributed by atoms with Gasteiger partial charge in [0.15, 0.2) is 0 Å². The summed E-state index contributed by atoms with van der Waals surface area (Å²) in [6.07, 6.45) is 7.67. The maximum Gasteiger partial charge on any atom is 0.240 e. The van der Waals surface area contributed by atoms with Gasteiger partial charge < -0.3 is 11.1 Å². The molecule has 0 unspecified atom stereocenters. The van der Waals surface area contributed by atoms with E-state index in [1.807, 2.05) is 13.8 Å². The van der Waals surface area contributed by atoms with E-state index in [4.69, 9.17) is 5.73 Å². The number of nitrogens with one attached hydrogen (secondary N) is 1. The first-order valence-corrected chi connectivity index (χ1v) is 7.09. The van der Waals surface area contributed by atoms with Gasteiger partial charge in [-0.25, -0.2) is 0 Å². The number of carbonyl (C=O) groups excluding carboxylic acids is 1. The standard InChI is InChI=1S/C14H28N2O/c1-4-13(9-7-8-10-13)11-16-12(17)14(15,5-2)6-3/h4-11,15H2,1-3H3,(H,16,17). The smallest absolute Gasteiger partial charge is 0.240 e. The second kappa shape index (κ2) is 5.85. The molecule has 1 saturated carbocycles. The summed E-state index contributed by atoms with van der Waals surface area (Å²) >= 11 is 0. The highest BCUT2D eigenvalue weighted by Gasteiger charge is 2.35. The summed E-state index contributed by atoms with van der Waals surface area (Å²) in [5.41, 5.74) is 5.77. The molecule has 0 aliphatic heterocycles. The fourth-order valence-electron chi connectivity index (χ4n) is 2.80. The van der Waals surface area contributed by atoms with E-state index in [2.05, 4.69) is 12.2 Å². The third kappa shape index (κ3) is 3.21. The lowest BCUT2D eigenvalue weighted by Crippen LogP contribution is -2.54. The van der Waals surface area contributed by atoms with Crippen LogP contribution in [0, 0.1) is 5.41 Å². The van der Waals surface area contributed by atoms with E-state index in [9.17, 15) is 4.79 Å². The van der Waals surface area contributed by atoms with Gasteiger partial charge in [0.2, 0.25) is 5.91 Å². The van der Waals surface area contributed by atoms with Crippen LogP contribution < -0.4 is 11.1 Å². The molecule has 0 atom stereocenters. The molecule has 17 heavy (non-hydrogen) atoms. The molecule has 0 heterocycles. The van der Waals surface area contributed by atoms with E-state index in [0.717, 1.165) is 13.0 Å². The number of amides is 1. The van der Waals surface area contributed by atoms with Gasteiger partial charge in [-0.1, -0.05) is 33.6 Å². The Morgan fingerprint density at radius 2 is 1.76 bits per heavy atom. The Balaban J connectivity index is 2.52. The van der Waals surface area contributed by atoms with E-state index < -0.39 is 5.54 Å². The van der Waals surface area contributed by atoms with Gasteiger partial charge in [0, 0.05) is 6.54 Å². The van der Waals surface area contributed by atoms with E-state index >= 15 is 0 Å². The van der Waals surface area contributed by atoms with Crippen molar-refractivity contribution in [1.29, 1.82) is 0 Å². The SMILES string of the molecule is CCC1(CNC(=O)C(N)(CC)CC)CCCC1. The molecule has 0 aromatic carbocycles. The number of rotatable bonds is 6. The van der Waals surface area contributed by atoms with Gasteiger partial charge in [-0.3, -0.25) is 4.79 Å². The minimum absolute atomic E-state index is 0.0298. The maximum absolute atomic E-state index is 12.1. The van der Waals surface area contributed by atoms with Gasteiger partial charge >= 0.3 is 0 Å². The molecule has 3 N–H and O–H groups in total. The quantitative estimate of drug-likeness (QED) is 0.750. The van der Waals surface area contributed by atoms with Crippen molar-refractivity contribution >= 4 is 5.91 Å². The van der Waals surface area contributed by atoms with Crippen molar-refractivity contribution in [2.24, 2.45) is 11.1 Å². The lowest BCUT2D eigenvalue weighted by Gasteiger charge is -2.31. The van der Waals surface area contributed by atoms with Gasteiger partial charge in [-0.2, -0.15) is 0 Å². The molecule has 1 aliphatic carbocycles. The van der Waals surface area contributed by atoms with E-state index in [1.165, 1.54) is 25.7 Å². The highest BCUT2D eigenvalue weighted by molar-refractivity contribution is 5.85. The van der Waals surface area contributed by atoms with Crippen LogP contribution >= 0.6 is 0 Å². The lowest BCUT2D eigenvalue weighted by molar-refractivity contribution is -0.127. The van der Waals surface area contributed by atoms with Gasteiger partial charge in [-0.15, -0.1) is 0 Å². The first kappa shape index (κ1) is 14.5. The molecule has 0 radical (unpaired) electrons. The first-order valence-electron chi connectivity index (χ1n) is 7.09. The van der Waals surface area contributed by atoms with Gasteiger partial charge in [0.25, 0.3) is 0 Å². The average Bonchev–Trinajstić information content (AvgIpc) is 2.84. The predicted octanol–water partition coefficient (Wildman–Crippen LogP) is 2.59. The molecule has 1 rings (SSSR count). The lowest BCUT2D eigenvalue weighted by atomic mass is 9.83. The predicted molar refractivity (Wildman–Crippen MR) is 71.7 cm³/mol. The summed E-state index contributed by atoms with van der Waals surface area (Å²) in [5, 5.41) is 3.09. The number of hydrogen-bond donors (Lipinski definition) is 2. The van der Waals surface area contributed by atoms with Gasteiger partial charge in [0.05, 0.1) is 5.54 Å². The Bertz CT molecular complexity index is 253. The second-order valence-electron chi connectivity index (χ2n) is 5.61. The van der Waals surface area contributed by atoms with Gasteiger partial charge in [-0.05, 0) is 37.5 Å². The number of nitrogens with two attached hydrogens (primary N) is 1. The molecular formula is C14H28N2O. The van der Waals surface area contributed by atoms with Crippen LogP contribution in [0.5, 0.6) is 0 Å². The van der Waals surface area contributed by atoms with Crippen LogP contribution in [0.2, 0.25) is 0 Å². The van der Waals surface area contributed by atoms with Crippen molar-refractivity contribution in [3.63, 3.8) is 0 Å². The van der Waals surface area contributed by atoms with Gasteiger partial charge in [0.1, 0.15) is 0 Å². The minimum atomic E-state index is -0.673. The first-order chi connectivity index (χ1) is 8.02. The Morgan fingerprint density at radius 3 is 2.18 bits per heavy atom. The molecule has 0 bridgehead atoms. The normalized spacial score (nSPS) is 19.3. The van der Waals surface area contributed by atoms with Crippen molar-refractivity contribution in [2.75, 3.05) is 6.54 Å². The van der Waals surface area contributed by atoms with Crippen molar-refractivity contribution in [1.82, 2.24) is 5.32 Å².